The van der Waals surface area contributed by atoms with E-state index in [-0.39, 0.29) is 11.8 Å². The van der Waals surface area contributed by atoms with Crippen molar-refractivity contribution in [1.82, 2.24) is 9.80 Å². The fraction of sp³-hybridized carbons (Fsp3) is 0.692. The van der Waals surface area contributed by atoms with Crippen LogP contribution in [-0.2, 0) is 4.74 Å². The summed E-state index contributed by atoms with van der Waals surface area (Å²) in [6.07, 6.45) is 0.744. The standard InChI is InChI=1S/C13H22FN3O2/c1-4-11(12(14)10(2)15)9-16-5-7-17(8-6-16)13(18)19-3/h9,12,15H,4-8H2,1-3H3/b11-9-,15-10?. The van der Waals surface area contributed by atoms with Crippen molar-refractivity contribution in [2.45, 2.75) is 26.4 Å². The molecule has 1 heterocycles. The summed E-state index contributed by atoms with van der Waals surface area (Å²) in [5.74, 6) is 0. The maximum absolute atomic E-state index is 13.8. The molecule has 0 saturated carbocycles. The molecule has 1 N–H and O–H groups in total. The first-order valence-electron chi connectivity index (χ1n) is 6.46. The minimum atomic E-state index is -1.30. The number of carbonyl (C=O) groups excluding carboxylic acids is 1. The molecule has 108 valence electrons. The van der Waals surface area contributed by atoms with E-state index in [1.165, 1.54) is 14.0 Å². The molecule has 0 spiro atoms. The van der Waals surface area contributed by atoms with Gasteiger partial charge in [-0.2, -0.15) is 0 Å². The van der Waals surface area contributed by atoms with Gasteiger partial charge in [-0.05, 0) is 18.9 Å². The van der Waals surface area contributed by atoms with Crippen molar-refractivity contribution in [2.75, 3.05) is 33.3 Å². The number of allylic oxidation sites excluding steroid dienone is 1. The summed E-state index contributed by atoms with van der Waals surface area (Å²) in [5.41, 5.74) is 0.639. The Kier molecular flexibility index (Phi) is 5.79. The lowest BCUT2D eigenvalue weighted by atomic mass is 10.1. The number of halogens is 1. The van der Waals surface area contributed by atoms with Gasteiger partial charge in [-0.15, -0.1) is 0 Å². The highest BCUT2D eigenvalue weighted by Gasteiger charge is 2.21. The number of carbonyl (C=O) groups is 1. The van der Waals surface area contributed by atoms with Crippen LogP contribution in [0, 0.1) is 5.41 Å². The molecule has 0 aromatic carbocycles. The summed E-state index contributed by atoms with van der Waals surface area (Å²) in [7, 11) is 1.37. The zero-order valence-electron chi connectivity index (χ0n) is 11.8. The van der Waals surface area contributed by atoms with Gasteiger partial charge in [0.25, 0.3) is 0 Å². The number of methoxy groups -OCH3 is 1. The third-order valence-electron chi connectivity index (χ3n) is 3.21. The molecule has 19 heavy (non-hydrogen) atoms. The van der Waals surface area contributed by atoms with Crippen molar-refractivity contribution >= 4 is 11.8 Å². The Morgan fingerprint density at radius 3 is 2.42 bits per heavy atom. The summed E-state index contributed by atoms with van der Waals surface area (Å²) in [6, 6.07) is 0. The van der Waals surface area contributed by atoms with Gasteiger partial charge in [0.05, 0.1) is 7.11 Å². The molecule has 1 amide bonds. The number of alkyl halides is 1. The van der Waals surface area contributed by atoms with E-state index in [4.69, 9.17) is 5.41 Å². The van der Waals surface area contributed by atoms with Crippen LogP contribution in [0.15, 0.2) is 11.8 Å². The van der Waals surface area contributed by atoms with E-state index in [0.717, 1.165) is 0 Å². The Balaban J connectivity index is 2.59. The van der Waals surface area contributed by atoms with Gasteiger partial charge < -0.3 is 19.9 Å². The molecular formula is C13H22FN3O2. The quantitative estimate of drug-likeness (QED) is 0.796. The topological polar surface area (TPSA) is 56.6 Å². The molecule has 1 unspecified atom stereocenters. The van der Waals surface area contributed by atoms with Crippen LogP contribution in [0.5, 0.6) is 0 Å². The second kappa shape index (κ2) is 7.11. The van der Waals surface area contributed by atoms with Crippen molar-refractivity contribution in [3.05, 3.63) is 11.8 Å². The van der Waals surface area contributed by atoms with Crippen LogP contribution in [-0.4, -0.2) is 61.1 Å². The Hall–Kier alpha value is -1.59. The average molecular weight is 271 g/mol. The van der Waals surface area contributed by atoms with E-state index in [9.17, 15) is 9.18 Å². The number of hydrogen-bond donors (Lipinski definition) is 1. The molecule has 1 aliphatic heterocycles. The summed E-state index contributed by atoms with van der Waals surface area (Å²) >= 11 is 0. The number of piperazine rings is 1. The number of amides is 1. The lowest BCUT2D eigenvalue weighted by Crippen LogP contribution is -2.47. The van der Waals surface area contributed by atoms with Crippen LogP contribution in [0.25, 0.3) is 0 Å². The number of ether oxygens (including phenoxy) is 1. The van der Waals surface area contributed by atoms with Crippen LogP contribution in [0.2, 0.25) is 0 Å². The molecule has 1 saturated heterocycles. The van der Waals surface area contributed by atoms with Gasteiger partial charge in [-0.3, -0.25) is 0 Å². The van der Waals surface area contributed by atoms with Crippen molar-refractivity contribution in [3.8, 4) is 0 Å². The smallest absolute Gasteiger partial charge is 0.409 e. The minimum Gasteiger partial charge on any atom is -0.453 e. The first-order valence-corrected chi connectivity index (χ1v) is 6.46. The van der Waals surface area contributed by atoms with E-state index in [2.05, 4.69) is 4.74 Å². The third kappa shape index (κ3) is 4.22. The van der Waals surface area contributed by atoms with Crippen LogP contribution in [0.4, 0.5) is 9.18 Å². The number of nitrogens with one attached hydrogen (secondary N) is 1. The van der Waals surface area contributed by atoms with Crippen molar-refractivity contribution in [2.24, 2.45) is 0 Å². The maximum atomic E-state index is 13.8. The normalized spacial score (nSPS) is 18.2. The van der Waals surface area contributed by atoms with Gasteiger partial charge in [-0.1, -0.05) is 6.92 Å². The zero-order chi connectivity index (χ0) is 14.4. The van der Waals surface area contributed by atoms with Gasteiger partial charge in [0, 0.05) is 38.1 Å². The summed E-state index contributed by atoms with van der Waals surface area (Å²) in [6.45, 7) is 5.81. The highest BCUT2D eigenvalue weighted by atomic mass is 19.1. The molecule has 1 rings (SSSR count). The Morgan fingerprint density at radius 2 is 2.00 bits per heavy atom. The second-order valence-electron chi connectivity index (χ2n) is 4.60. The maximum Gasteiger partial charge on any atom is 0.409 e. The Bertz CT molecular complexity index is 363. The molecule has 5 nitrogen and oxygen atoms in total. The highest BCUT2D eigenvalue weighted by Crippen LogP contribution is 2.15. The Morgan fingerprint density at radius 1 is 1.42 bits per heavy atom. The van der Waals surface area contributed by atoms with E-state index in [1.54, 1.807) is 11.1 Å². The van der Waals surface area contributed by atoms with Crippen molar-refractivity contribution in [3.63, 3.8) is 0 Å². The van der Waals surface area contributed by atoms with Crippen LogP contribution >= 0.6 is 0 Å². The average Bonchev–Trinajstić information content (AvgIpc) is 2.43. The van der Waals surface area contributed by atoms with Gasteiger partial charge in [0.2, 0.25) is 0 Å². The summed E-state index contributed by atoms with van der Waals surface area (Å²) in [4.78, 5) is 15.0. The summed E-state index contributed by atoms with van der Waals surface area (Å²) in [5, 5.41) is 7.36. The first kappa shape index (κ1) is 15.5. The van der Waals surface area contributed by atoms with Crippen LogP contribution < -0.4 is 0 Å². The second-order valence-corrected chi connectivity index (χ2v) is 4.60. The van der Waals surface area contributed by atoms with E-state index in [0.29, 0.717) is 38.2 Å². The Labute approximate surface area is 113 Å². The minimum absolute atomic E-state index is 0.0290. The molecule has 0 aliphatic carbocycles. The molecule has 6 heteroatoms. The summed E-state index contributed by atoms with van der Waals surface area (Å²) < 4.78 is 18.5. The first-order chi connectivity index (χ1) is 8.99. The fourth-order valence-corrected chi connectivity index (χ4v) is 2.01. The monoisotopic (exact) mass is 271 g/mol. The molecule has 0 aromatic heterocycles. The van der Waals surface area contributed by atoms with Gasteiger partial charge in [0.15, 0.2) is 6.17 Å². The van der Waals surface area contributed by atoms with Gasteiger partial charge >= 0.3 is 6.09 Å². The number of hydrogen-bond acceptors (Lipinski definition) is 4. The van der Waals surface area contributed by atoms with Crippen LogP contribution in [0.3, 0.4) is 0 Å². The lowest BCUT2D eigenvalue weighted by molar-refractivity contribution is 0.102. The van der Waals surface area contributed by atoms with Gasteiger partial charge in [0.1, 0.15) is 0 Å². The molecule has 1 aliphatic rings. The van der Waals surface area contributed by atoms with E-state index < -0.39 is 6.17 Å². The number of nitrogens with zero attached hydrogens (tertiary/aromatic N) is 2. The van der Waals surface area contributed by atoms with Crippen molar-refractivity contribution in [1.29, 1.82) is 5.41 Å². The molecule has 1 fully saturated rings. The molecule has 1 atom stereocenters. The molecule has 0 bridgehead atoms. The largest absolute Gasteiger partial charge is 0.453 e. The third-order valence-corrected chi connectivity index (χ3v) is 3.21. The predicted molar refractivity (Wildman–Crippen MR) is 72.2 cm³/mol. The molecular weight excluding hydrogens is 249 g/mol. The zero-order valence-corrected chi connectivity index (χ0v) is 11.8. The van der Waals surface area contributed by atoms with E-state index >= 15 is 0 Å². The highest BCUT2D eigenvalue weighted by molar-refractivity contribution is 5.86. The predicted octanol–water partition coefficient (Wildman–Crippen LogP) is 2.04. The lowest BCUT2D eigenvalue weighted by Gasteiger charge is -2.33. The molecule has 0 radical (unpaired) electrons. The fourth-order valence-electron chi connectivity index (χ4n) is 2.01. The van der Waals surface area contributed by atoms with Crippen LogP contribution in [0.1, 0.15) is 20.3 Å². The van der Waals surface area contributed by atoms with Crippen molar-refractivity contribution < 1.29 is 13.9 Å². The van der Waals surface area contributed by atoms with E-state index in [1.807, 2.05) is 11.8 Å². The molecule has 0 aromatic rings. The SMILES string of the molecule is CC/C(=C/N1CCN(C(=O)OC)CC1)C(F)C(C)=N. The van der Waals surface area contributed by atoms with Gasteiger partial charge in [-0.25, -0.2) is 9.18 Å². The number of rotatable bonds is 4.